The molecule has 4 bridgehead atoms. The number of carbonyl (C=O) groups excluding carboxylic acids is 3. The predicted molar refractivity (Wildman–Crippen MR) is 109 cm³/mol. The van der Waals surface area contributed by atoms with Crippen LogP contribution in [-0.2, 0) is 14.3 Å². The Bertz CT molecular complexity index is 804. The second-order valence-corrected chi connectivity index (χ2v) is 10.7. The Morgan fingerprint density at radius 3 is 2.25 bits per heavy atom. The van der Waals surface area contributed by atoms with E-state index in [1.807, 2.05) is 0 Å². The Morgan fingerprint density at radius 2 is 1.71 bits per heavy atom. The summed E-state index contributed by atoms with van der Waals surface area (Å²) < 4.78 is 5.72. The van der Waals surface area contributed by atoms with Crippen LogP contribution in [0.25, 0.3) is 0 Å². The van der Waals surface area contributed by atoms with Crippen LogP contribution in [0.5, 0.6) is 0 Å². The van der Waals surface area contributed by atoms with Gasteiger partial charge in [-0.15, -0.1) is 0 Å². The minimum absolute atomic E-state index is 0.0275. The Morgan fingerprint density at radius 1 is 1.11 bits per heavy atom. The van der Waals surface area contributed by atoms with Gasteiger partial charge in [-0.25, -0.2) is 0 Å². The van der Waals surface area contributed by atoms with Crippen molar-refractivity contribution in [3.8, 4) is 0 Å². The predicted octanol–water partition coefficient (Wildman–Crippen LogP) is 4.49. The summed E-state index contributed by atoms with van der Waals surface area (Å²) in [6, 6.07) is 6.69. The summed E-state index contributed by atoms with van der Waals surface area (Å²) in [5, 5.41) is 2.76. The number of benzene rings is 1. The summed E-state index contributed by atoms with van der Waals surface area (Å²) >= 11 is 3.91. The van der Waals surface area contributed by atoms with Crippen LogP contribution in [0, 0.1) is 17.3 Å². The number of amides is 1. The fourth-order valence-corrected chi connectivity index (χ4v) is 7.21. The molecule has 1 N–H and O–H groups in total. The van der Waals surface area contributed by atoms with Crippen molar-refractivity contribution in [3.05, 3.63) is 29.8 Å². The maximum Gasteiger partial charge on any atom is 0.312 e. The number of nitrogens with one attached hydrogen (secondary N) is 1. The highest BCUT2D eigenvalue weighted by Crippen LogP contribution is 2.64. The van der Waals surface area contributed by atoms with Gasteiger partial charge in [0.15, 0.2) is 11.9 Å². The Labute approximate surface area is 173 Å². The third kappa shape index (κ3) is 3.63. The molecule has 1 aromatic rings. The molecule has 4 fully saturated rings. The molecule has 4 aliphatic carbocycles. The first-order valence-electron chi connectivity index (χ1n) is 10.00. The molecule has 5 nitrogen and oxygen atoms in total. The molecule has 0 saturated heterocycles. The quantitative estimate of drug-likeness (QED) is 0.409. The van der Waals surface area contributed by atoms with Crippen molar-refractivity contribution in [2.24, 2.45) is 17.3 Å². The summed E-state index contributed by atoms with van der Waals surface area (Å²) in [4.78, 5) is 36.9. The Hall–Kier alpha value is -1.69. The van der Waals surface area contributed by atoms with Crippen LogP contribution >= 0.6 is 15.9 Å². The topological polar surface area (TPSA) is 72.5 Å². The standard InChI is InChI=1S/C22H26BrNO4/c1-13(25)17-3-5-18(6-4-17)24-19(26)14(2)28-20(27)21-8-15-7-16(9-21)11-22(23,10-15)12-21/h3-6,14-16H,7-12H2,1-2H3,(H,24,26)/t14-,15-,16+,21?,22?/m0/s1. The van der Waals surface area contributed by atoms with Gasteiger partial charge >= 0.3 is 5.97 Å². The van der Waals surface area contributed by atoms with Crippen LogP contribution in [0.3, 0.4) is 0 Å². The van der Waals surface area contributed by atoms with Crippen molar-refractivity contribution in [2.75, 3.05) is 5.32 Å². The van der Waals surface area contributed by atoms with Crippen molar-refractivity contribution in [1.29, 1.82) is 0 Å². The summed E-state index contributed by atoms with van der Waals surface area (Å²) in [5.74, 6) is 0.553. The smallest absolute Gasteiger partial charge is 0.312 e. The molecule has 0 spiro atoms. The zero-order valence-electron chi connectivity index (χ0n) is 16.3. The first-order chi connectivity index (χ1) is 13.2. The molecule has 6 heteroatoms. The lowest BCUT2D eigenvalue weighted by Gasteiger charge is -2.58. The fraction of sp³-hybridized carbons (Fsp3) is 0.591. The SMILES string of the molecule is CC(=O)c1ccc(NC(=O)[C@H](C)OC(=O)C23C[C@@H]4C[C@@H](CC(Br)(C4)C2)C3)cc1. The summed E-state index contributed by atoms with van der Waals surface area (Å²) in [7, 11) is 0. The summed E-state index contributed by atoms with van der Waals surface area (Å²) in [6.07, 6.45) is 5.23. The first-order valence-corrected chi connectivity index (χ1v) is 10.8. The zero-order chi connectivity index (χ0) is 20.1. The largest absolute Gasteiger partial charge is 0.452 e. The van der Waals surface area contributed by atoms with Gasteiger partial charge in [-0.2, -0.15) is 0 Å². The van der Waals surface area contributed by atoms with Crippen molar-refractivity contribution in [2.45, 2.75) is 62.8 Å². The van der Waals surface area contributed by atoms with Gasteiger partial charge < -0.3 is 10.1 Å². The average Bonchev–Trinajstić information content (AvgIpc) is 2.59. The molecular weight excluding hydrogens is 422 g/mol. The minimum Gasteiger partial charge on any atom is -0.452 e. The fourth-order valence-electron chi connectivity index (χ4n) is 5.76. The molecule has 2 unspecified atom stereocenters. The van der Waals surface area contributed by atoms with Gasteiger partial charge in [0.25, 0.3) is 5.91 Å². The number of ketones is 1. The molecule has 4 aliphatic rings. The Balaban J connectivity index is 1.39. The maximum atomic E-state index is 13.1. The number of anilines is 1. The van der Waals surface area contributed by atoms with Crippen LogP contribution in [0.15, 0.2) is 24.3 Å². The van der Waals surface area contributed by atoms with Crippen LogP contribution < -0.4 is 5.32 Å². The number of Topliss-reactive ketones (excluding diaryl/α,β-unsaturated/α-hetero) is 1. The zero-order valence-corrected chi connectivity index (χ0v) is 17.9. The van der Waals surface area contributed by atoms with E-state index in [1.54, 1.807) is 31.2 Å². The van der Waals surface area contributed by atoms with Gasteiger partial charge in [-0.1, -0.05) is 15.9 Å². The Kier molecular flexibility index (Phi) is 4.89. The van der Waals surface area contributed by atoms with Gasteiger partial charge in [0.05, 0.1) is 5.41 Å². The van der Waals surface area contributed by atoms with E-state index in [2.05, 4.69) is 21.2 Å². The number of hydrogen-bond donors (Lipinski definition) is 1. The van der Waals surface area contributed by atoms with Crippen molar-refractivity contribution in [3.63, 3.8) is 0 Å². The lowest BCUT2D eigenvalue weighted by atomic mass is 9.49. The highest BCUT2D eigenvalue weighted by atomic mass is 79.9. The van der Waals surface area contributed by atoms with Crippen LogP contribution in [0.1, 0.15) is 62.7 Å². The van der Waals surface area contributed by atoms with E-state index < -0.39 is 11.5 Å². The summed E-state index contributed by atoms with van der Waals surface area (Å²) in [5.41, 5.74) is 0.723. The van der Waals surface area contributed by atoms with Gasteiger partial charge in [0, 0.05) is 15.6 Å². The molecule has 0 aliphatic heterocycles. The minimum atomic E-state index is -0.862. The molecule has 1 aromatic carbocycles. The van der Waals surface area contributed by atoms with Crippen LogP contribution in [0.4, 0.5) is 5.69 Å². The highest BCUT2D eigenvalue weighted by Gasteiger charge is 2.60. The monoisotopic (exact) mass is 447 g/mol. The second-order valence-electron chi connectivity index (χ2n) is 9.06. The number of rotatable bonds is 5. The molecule has 5 atom stereocenters. The van der Waals surface area contributed by atoms with Gasteiger partial charge in [0.1, 0.15) is 0 Å². The van der Waals surface area contributed by atoms with E-state index in [1.165, 1.54) is 13.3 Å². The van der Waals surface area contributed by atoms with Crippen molar-refractivity contribution >= 4 is 39.3 Å². The van der Waals surface area contributed by atoms with E-state index in [0.717, 1.165) is 32.1 Å². The normalized spacial score (nSPS) is 34.0. The van der Waals surface area contributed by atoms with E-state index in [-0.39, 0.29) is 22.0 Å². The maximum absolute atomic E-state index is 13.1. The van der Waals surface area contributed by atoms with Gasteiger partial charge in [-0.05, 0) is 88.5 Å². The molecule has 1 amide bonds. The van der Waals surface area contributed by atoms with E-state index in [9.17, 15) is 14.4 Å². The molecule has 0 heterocycles. The highest BCUT2D eigenvalue weighted by molar-refractivity contribution is 9.10. The number of ether oxygens (including phenoxy) is 1. The third-order valence-electron chi connectivity index (χ3n) is 6.63. The lowest BCUT2D eigenvalue weighted by Crippen LogP contribution is -2.56. The lowest BCUT2D eigenvalue weighted by molar-refractivity contribution is -0.175. The third-order valence-corrected chi connectivity index (χ3v) is 7.56. The molecule has 5 rings (SSSR count). The van der Waals surface area contributed by atoms with Crippen LogP contribution in [-0.4, -0.2) is 28.1 Å². The van der Waals surface area contributed by atoms with E-state index in [0.29, 0.717) is 23.1 Å². The summed E-state index contributed by atoms with van der Waals surface area (Å²) in [6.45, 7) is 3.11. The molecular formula is C22H26BrNO4. The number of esters is 1. The number of hydrogen-bond acceptors (Lipinski definition) is 4. The molecule has 0 radical (unpaired) electrons. The molecule has 0 aromatic heterocycles. The molecule has 150 valence electrons. The van der Waals surface area contributed by atoms with Gasteiger partial charge in [0.2, 0.25) is 0 Å². The molecule has 4 saturated carbocycles. The van der Waals surface area contributed by atoms with Crippen molar-refractivity contribution in [1.82, 2.24) is 0 Å². The molecule has 28 heavy (non-hydrogen) atoms. The number of alkyl halides is 1. The van der Waals surface area contributed by atoms with Crippen LogP contribution in [0.2, 0.25) is 0 Å². The number of carbonyl (C=O) groups is 3. The van der Waals surface area contributed by atoms with Gasteiger partial charge in [-0.3, -0.25) is 14.4 Å². The van der Waals surface area contributed by atoms with E-state index >= 15 is 0 Å². The average molecular weight is 448 g/mol. The first kappa shape index (κ1) is 19.6. The van der Waals surface area contributed by atoms with E-state index in [4.69, 9.17) is 4.74 Å². The second kappa shape index (κ2) is 6.97. The van der Waals surface area contributed by atoms with Crippen molar-refractivity contribution < 1.29 is 19.1 Å². The number of halogens is 1.